The largest absolute Gasteiger partial charge is 0.497 e. The van der Waals surface area contributed by atoms with E-state index in [1.807, 2.05) is 18.2 Å². The first-order chi connectivity index (χ1) is 9.22. The highest BCUT2D eigenvalue weighted by atomic mass is 79.9. The Bertz CT molecular complexity index is 561. The van der Waals surface area contributed by atoms with E-state index in [4.69, 9.17) is 9.47 Å². The van der Waals surface area contributed by atoms with Gasteiger partial charge in [-0.05, 0) is 40.4 Å². The van der Waals surface area contributed by atoms with E-state index in [1.165, 1.54) is 0 Å². The van der Waals surface area contributed by atoms with Crippen LogP contribution in [0.25, 0.3) is 0 Å². The molecule has 1 aromatic heterocycles. The summed E-state index contributed by atoms with van der Waals surface area (Å²) in [6.45, 7) is 0. The molecule has 4 nitrogen and oxygen atoms in total. The summed E-state index contributed by atoms with van der Waals surface area (Å²) in [5.74, 6) is 1.63. The predicted octanol–water partition coefficient (Wildman–Crippen LogP) is 3.04. The quantitative estimate of drug-likeness (QED) is 0.848. The van der Waals surface area contributed by atoms with E-state index in [-0.39, 0.29) is 0 Å². The topological polar surface area (TPSA) is 44.2 Å². The van der Waals surface area contributed by atoms with Gasteiger partial charge in [0.2, 0.25) is 0 Å². The molecular formula is C14H15BrN2O2. The fraction of sp³-hybridized carbons (Fsp3) is 0.286. The number of halogens is 1. The summed E-state index contributed by atoms with van der Waals surface area (Å²) in [5, 5.41) is 0. The molecule has 1 aromatic carbocycles. The summed E-state index contributed by atoms with van der Waals surface area (Å²) in [7, 11) is 3.31. The van der Waals surface area contributed by atoms with Gasteiger partial charge in [0, 0.05) is 12.3 Å². The summed E-state index contributed by atoms with van der Waals surface area (Å²) in [5.41, 5.74) is 2.08. The van der Waals surface area contributed by atoms with Crippen molar-refractivity contribution in [2.24, 2.45) is 0 Å². The van der Waals surface area contributed by atoms with Gasteiger partial charge in [0.25, 0.3) is 0 Å². The van der Waals surface area contributed by atoms with Crippen LogP contribution >= 0.6 is 15.9 Å². The molecular weight excluding hydrogens is 308 g/mol. The zero-order chi connectivity index (χ0) is 13.7. The smallest absolute Gasteiger partial charge is 0.125 e. The second kappa shape index (κ2) is 6.52. The Kier molecular flexibility index (Phi) is 4.74. The Balaban J connectivity index is 2.11. The lowest BCUT2D eigenvalue weighted by Gasteiger charge is -2.10. The number of hydrogen-bond acceptors (Lipinski definition) is 4. The van der Waals surface area contributed by atoms with Crippen molar-refractivity contribution in [2.45, 2.75) is 12.8 Å². The molecule has 19 heavy (non-hydrogen) atoms. The third kappa shape index (κ3) is 3.67. The Morgan fingerprint density at radius 2 is 1.95 bits per heavy atom. The highest BCUT2D eigenvalue weighted by Gasteiger charge is 2.06. The maximum absolute atomic E-state index is 5.37. The molecule has 0 saturated heterocycles. The van der Waals surface area contributed by atoms with E-state index in [0.717, 1.165) is 40.2 Å². The Hall–Kier alpha value is -1.62. The van der Waals surface area contributed by atoms with Crippen molar-refractivity contribution < 1.29 is 9.47 Å². The molecule has 0 aliphatic heterocycles. The molecule has 0 aliphatic carbocycles. The number of aryl methyl sites for hydroxylation is 2. The summed E-state index contributed by atoms with van der Waals surface area (Å²) >= 11 is 3.32. The molecule has 0 N–H and O–H groups in total. The lowest BCUT2D eigenvalue weighted by atomic mass is 10.1. The SMILES string of the molecule is COc1ccc(CCc2cncc(Br)n2)c(OC)c1. The number of rotatable bonds is 5. The van der Waals surface area contributed by atoms with Crippen LogP contribution < -0.4 is 9.47 Å². The van der Waals surface area contributed by atoms with Crippen LogP contribution in [0.1, 0.15) is 11.3 Å². The van der Waals surface area contributed by atoms with Crippen molar-refractivity contribution in [3.8, 4) is 11.5 Å². The summed E-state index contributed by atoms with van der Waals surface area (Å²) in [6, 6.07) is 5.84. The van der Waals surface area contributed by atoms with Gasteiger partial charge >= 0.3 is 0 Å². The van der Waals surface area contributed by atoms with Crippen LogP contribution in [0.5, 0.6) is 11.5 Å². The first kappa shape index (κ1) is 13.8. The normalized spacial score (nSPS) is 10.3. The molecule has 0 spiro atoms. The summed E-state index contributed by atoms with van der Waals surface area (Å²) < 4.78 is 11.3. The molecule has 100 valence electrons. The van der Waals surface area contributed by atoms with E-state index < -0.39 is 0 Å². The third-order valence-corrected chi connectivity index (χ3v) is 3.18. The van der Waals surface area contributed by atoms with Gasteiger partial charge in [0.15, 0.2) is 0 Å². The minimum absolute atomic E-state index is 0.756. The fourth-order valence-corrected chi connectivity index (χ4v) is 2.17. The number of benzene rings is 1. The molecule has 0 radical (unpaired) electrons. The van der Waals surface area contributed by atoms with E-state index >= 15 is 0 Å². The Morgan fingerprint density at radius 1 is 1.11 bits per heavy atom. The van der Waals surface area contributed by atoms with Crippen molar-refractivity contribution in [3.05, 3.63) is 46.5 Å². The molecule has 0 aliphatic rings. The van der Waals surface area contributed by atoms with E-state index in [9.17, 15) is 0 Å². The summed E-state index contributed by atoms with van der Waals surface area (Å²) in [4.78, 5) is 8.47. The van der Waals surface area contributed by atoms with Gasteiger partial charge in [0.05, 0.1) is 26.1 Å². The molecule has 5 heteroatoms. The van der Waals surface area contributed by atoms with Crippen LogP contribution in [-0.4, -0.2) is 24.2 Å². The van der Waals surface area contributed by atoms with Gasteiger partial charge in [-0.2, -0.15) is 0 Å². The van der Waals surface area contributed by atoms with E-state index in [0.29, 0.717) is 0 Å². The molecule has 0 fully saturated rings. The highest BCUT2D eigenvalue weighted by molar-refractivity contribution is 9.10. The highest BCUT2D eigenvalue weighted by Crippen LogP contribution is 2.25. The molecule has 2 rings (SSSR count). The number of hydrogen-bond donors (Lipinski definition) is 0. The van der Waals surface area contributed by atoms with Crippen LogP contribution in [0, 0.1) is 0 Å². The average Bonchev–Trinajstić information content (AvgIpc) is 2.45. The van der Waals surface area contributed by atoms with Crippen molar-refractivity contribution in [1.82, 2.24) is 9.97 Å². The van der Waals surface area contributed by atoms with Crippen LogP contribution in [0.2, 0.25) is 0 Å². The third-order valence-electron chi connectivity index (χ3n) is 2.80. The average molecular weight is 323 g/mol. The number of methoxy groups -OCH3 is 2. The van der Waals surface area contributed by atoms with Gasteiger partial charge in [-0.15, -0.1) is 0 Å². The molecule has 0 saturated carbocycles. The first-order valence-electron chi connectivity index (χ1n) is 5.90. The minimum Gasteiger partial charge on any atom is -0.497 e. The van der Waals surface area contributed by atoms with Crippen LogP contribution in [0.3, 0.4) is 0 Å². The molecule has 0 amide bonds. The maximum atomic E-state index is 5.37. The van der Waals surface area contributed by atoms with Crippen LogP contribution in [-0.2, 0) is 12.8 Å². The summed E-state index contributed by atoms with van der Waals surface area (Å²) in [6.07, 6.45) is 5.12. The zero-order valence-corrected chi connectivity index (χ0v) is 12.5. The lowest BCUT2D eigenvalue weighted by Crippen LogP contribution is -1.98. The number of nitrogens with zero attached hydrogens (tertiary/aromatic N) is 2. The Morgan fingerprint density at radius 3 is 2.63 bits per heavy atom. The van der Waals surface area contributed by atoms with Gasteiger partial charge < -0.3 is 9.47 Å². The second-order valence-corrected chi connectivity index (χ2v) is 4.82. The van der Waals surface area contributed by atoms with Gasteiger partial charge in [-0.1, -0.05) is 6.07 Å². The van der Waals surface area contributed by atoms with E-state index in [1.54, 1.807) is 26.6 Å². The van der Waals surface area contributed by atoms with Crippen molar-refractivity contribution in [1.29, 1.82) is 0 Å². The minimum atomic E-state index is 0.756. The van der Waals surface area contributed by atoms with Gasteiger partial charge in [-0.3, -0.25) is 4.98 Å². The van der Waals surface area contributed by atoms with E-state index in [2.05, 4.69) is 25.9 Å². The number of aromatic nitrogens is 2. The first-order valence-corrected chi connectivity index (χ1v) is 6.69. The van der Waals surface area contributed by atoms with Crippen molar-refractivity contribution in [2.75, 3.05) is 14.2 Å². The maximum Gasteiger partial charge on any atom is 0.125 e. The number of ether oxygens (including phenoxy) is 2. The standard InChI is InChI=1S/C14H15BrN2O2/c1-18-12-6-4-10(13(7-12)19-2)3-5-11-8-16-9-14(15)17-11/h4,6-9H,3,5H2,1-2H3. The molecule has 1 heterocycles. The van der Waals surface area contributed by atoms with Crippen LogP contribution in [0.4, 0.5) is 0 Å². The van der Waals surface area contributed by atoms with Gasteiger partial charge in [-0.25, -0.2) is 4.98 Å². The van der Waals surface area contributed by atoms with Crippen molar-refractivity contribution >= 4 is 15.9 Å². The lowest BCUT2D eigenvalue weighted by molar-refractivity contribution is 0.391. The molecule has 0 unspecified atom stereocenters. The van der Waals surface area contributed by atoms with Gasteiger partial charge in [0.1, 0.15) is 16.1 Å². The molecule has 0 bridgehead atoms. The fourth-order valence-electron chi connectivity index (χ4n) is 1.82. The van der Waals surface area contributed by atoms with Crippen LogP contribution in [0.15, 0.2) is 35.2 Å². The predicted molar refractivity (Wildman–Crippen MR) is 76.7 cm³/mol. The van der Waals surface area contributed by atoms with Crippen molar-refractivity contribution in [3.63, 3.8) is 0 Å². The zero-order valence-electron chi connectivity index (χ0n) is 10.9. The second-order valence-electron chi connectivity index (χ2n) is 4.01. The Labute approximate surface area is 120 Å². The molecule has 0 atom stereocenters. The monoisotopic (exact) mass is 322 g/mol. The molecule has 2 aromatic rings.